The molecule has 0 saturated carbocycles. The minimum Gasteiger partial charge on any atom is -0.319 e. The summed E-state index contributed by atoms with van der Waals surface area (Å²) in [7, 11) is 0. The smallest absolute Gasteiger partial charge is 0.142 e. The molecular formula is C113H78N6. The molecule has 119 heavy (non-hydrogen) atoms. The molecule has 23 aromatic rings. The van der Waals surface area contributed by atoms with E-state index in [4.69, 9.17) is 15.0 Å². The predicted molar refractivity (Wildman–Crippen MR) is 497 cm³/mol. The average Bonchev–Trinajstić information content (AvgIpc) is 1.57. The van der Waals surface area contributed by atoms with Crippen LogP contribution in [0.3, 0.4) is 0 Å². The molecule has 0 atom stereocenters. The molecule has 20 aromatic carbocycles. The third-order valence-electron chi connectivity index (χ3n) is 26.4. The van der Waals surface area contributed by atoms with Gasteiger partial charge in [-0.05, 0) is 149 Å². The molecule has 0 bridgehead atoms. The Morgan fingerprint density at radius 2 is 0.521 bits per heavy atom. The van der Waals surface area contributed by atoms with Gasteiger partial charge in [-0.3, -0.25) is 0 Å². The number of imidazole rings is 3. The first kappa shape index (κ1) is 68.5. The highest BCUT2D eigenvalue weighted by Gasteiger charge is 2.43. The van der Waals surface area contributed by atoms with Crippen LogP contribution >= 0.6 is 0 Å². The third-order valence-corrected chi connectivity index (χ3v) is 26.4. The van der Waals surface area contributed by atoms with Gasteiger partial charge in [-0.1, -0.05) is 390 Å². The molecule has 0 N–H and O–H groups in total. The summed E-state index contributed by atoms with van der Waals surface area (Å²) in [6.45, 7) is 6.44. The fourth-order valence-electron chi connectivity index (χ4n) is 21.0. The maximum absolute atomic E-state index is 6.08. The van der Waals surface area contributed by atoms with E-state index in [0.29, 0.717) is 19.6 Å². The zero-order valence-electron chi connectivity index (χ0n) is 66.0. The van der Waals surface area contributed by atoms with Crippen molar-refractivity contribution in [2.75, 3.05) is 0 Å². The van der Waals surface area contributed by atoms with Crippen molar-refractivity contribution >= 4 is 97.0 Å². The van der Waals surface area contributed by atoms with Gasteiger partial charge in [0.15, 0.2) is 0 Å². The number of aromatic nitrogens is 6. The van der Waals surface area contributed by atoms with Crippen LogP contribution in [0.15, 0.2) is 376 Å². The number of rotatable bonds is 17. The van der Waals surface area contributed by atoms with Gasteiger partial charge in [-0.25, -0.2) is 15.0 Å². The van der Waals surface area contributed by atoms with E-state index < -0.39 is 5.41 Å². The Labute approximate surface area is 689 Å². The van der Waals surface area contributed by atoms with Crippen LogP contribution < -0.4 is 0 Å². The fraction of sp³-hybridized carbons (Fsp3) is 0.0708. The van der Waals surface area contributed by atoms with Crippen LogP contribution in [0.4, 0.5) is 0 Å². The number of fused-ring (bicyclic) bond motifs is 3. The lowest BCUT2D eigenvalue weighted by Crippen LogP contribution is -2.24. The van der Waals surface area contributed by atoms with E-state index in [2.05, 4.69) is 404 Å². The second-order valence-electron chi connectivity index (χ2n) is 32.6. The maximum Gasteiger partial charge on any atom is 0.142 e. The van der Waals surface area contributed by atoms with Gasteiger partial charge in [-0.2, -0.15) is 0 Å². The van der Waals surface area contributed by atoms with Gasteiger partial charge in [0.1, 0.15) is 17.5 Å². The first-order chi connectivity index (χ1) is 58.9. The highest BCUT2D eigenvalue weighted by Crippen LogP contribution is 2.57. The van der Waals surface area contributed by atoms with Crippen molar-refractivity contribution in [3.05, 3.63) is 404 Å². The van der Waals surface area contributed by atoms with E-state index >= 15 is 0 Å². The number of hydrogen-bond acceptors (Lipinski definition) is 3. The predicted octanol–water partition coefficient (Wildman–Crippen LogP) is 29.2. The van der Waals surface area contributed by atoms with E-state index in [1.807, 2.05) is 0 Å². The van der Waals surface area contributed by atoms with E-state index in [-0.39, 0.29) is 0 Å². The Morgan fingerprint density at radius 1 is 0.235 bits per heavy atom. The van der Waals surface area contributed by atoms with Gasteiger partial charge in [0.2, 0.25) is 0 Å². The zero-order chi connectivity index (χ0) is 78.6. The fourth-order valence-corrected chi connectivity index (χ4v) is 21.0. The SMILES string of the molecule is CCC1(CC)c2cc(Cn3c(-c4ccc5ccc6cccc7ccc4c5c67)nc(-c4ccccc4)c3-c3ccccc3)ccc2-c2c(Cn3c(-c4ccc5ccc6cccc7ccc4c5c67)nc(-c4ccccc4)c3-c3ccccc3)cc(Cn3c(-c4ccc5ccc6cccc7ccc4c5c67)nc(-c4ccccc4)c3-c3ccccc3)cc21. The Bertz CT molecular complexity index is 7880. The lowest BCUT2D eigenvalue weighted by Gasteiger charge is -2.31. The Balaban J connectivity index is 0.766. The van der Waals surface area contributed by atoms with Crippen LogP contribution in [0.1, 0.15) is 54.5 Å². The molecular weight excluding hydrogens is 1440 g/mol. The molecule has 6 nitrogen and oxygen atoms in total. The molecule has 3 aromatic heterocycles. The molecule has 0 amide bonds. The standard InChI is InChI=1S/C113H78N6/c1-3-113(4-2)95-65-70(67-117-107(84-32-17-8-18-33-84)104(81-26-11-5-12-27-81)114-110(117)91-61-54-78-48-45-72-38-23-41-75-51-58-88(91)101(78)97(72)75)44-57-94(95)100-87(69-119-109(86-36-21-10-22-37-86)106(83-30-15-7-16-31-83)116-112(119)93-63-56-80-50-47-74-40-25-43-77-53-60-90(93)103(80)99(74)77)64-71(66-96(100)113)68-118-108(85-34-19-9-20-35-85)105(82-28-13-6-14-29-82)115-111(118)92-62-55-79-49-46-73-39-24-42-76-52-59-89(92)102(79)98(73)76/h5-66H,3-4,67-69H2,1-2H3. The monoisotopic (exact) mass is 1520 g/mol. The van der Waals surface area contributed by atoms with E-state index in [1.54, 1.807) is 0 Å². The van der Waals surface area contributed by atoms with Crippen LogP contribution in [-0.2, 0) is 25.0 Å². The largest absolute Gasteiger partial charge is 0.319 e. The Hall–Kier alpha value is -14.9. The first-order valence-electron chi connectivity index (χ1n) is 41.8. The molecule has 6 heteroatoms. The number of nitrogens with zero attached hydrogens (tertiary/aromatic N) is 6. The molecule has 0 saturated heterocycles. The maximum atomic E-state index is 6.08. The lowest BCUT2D eigenvalue weighted by atomic mass is 9.73. The Kier molecular flexibility index (Phi) is 15.6. The van der Waals surface area contributed by atoms with Crippen molar-refractivity contribution in [2.45, 2.75) is 51.7 Å². The summed E-state index contributed by atoms with van der Waals surface area (Å²) >= 11 is 0. The van der Waals surface area contributed by atoms with Crippen molar-refractivity contribution in [2.24, 2.45) is 0 Å². The Morgan fingerprint density at radius 3 is 0.866 bits per heavy atom. The van der Waals surface area contributed by atoms with Gasteiger partial charge in [-0.15, -0.1) is 0 Å². The van der Waals surface area contributed by atoms with E-state index in [1.165, 1.54) is 136 Å². The molecule has 0 unspecified atom stereocenters. The minimum atomic E-state index is -0.435. The van der Waals surface area contributed by atoms with Crippen LogP contribution in [0.5, 0.6) is 0 Å². The van der Waals surface area contributed by atoms with Crippen molar-refractivity contribution < 1.29 is 0 Å². The second-order valence-corrected chi connectivity index (χ2v) is 32.6. The second kappa shape index (κ2) is 27.1. The summed E-state index contributed by atoms with van der Waals surface area (Å²) in [5, 5.41) is 22.3. The molecule has 0 radical (unpaired) electrons. The summed E-state index contributed by atoms with van der Waals surface area (Å²) in [5.74, 6) is 2.77. The molecule has 3 heterocycles. The van der Waals surface area contributed by atoms with Gasteiger partial charge in [0.25, 0.3) is 0 Å². The van der Waals surface area contributed by atoms with Gasteiger partial charge >= 0.3 is 0 Å². The zero-order valence-corrected chi connectivity index (χ0v) is 66.0. The topological polar surface area (TPSA) is 53.5 Å². The van der Waals surface area contributed by atoms with E-state index in [9.17, 15) is 0 Å². The molecule has 0 aliphatic heterocycles. The van der Waals surface area contributed by atoms with Gasteiger partial charge < -0.3 is 13.7 Å². The van der Waals surface area contributed by atoms with Crippen molar-refractivity contribution in [3.63, 3.8) is 0 Å². The van der Waals surface area contributed by atoms with Gasteiger partial charge in [0.05, 0.1) is 40.7 Å². The summed E-state index contributed by atoms with van der Waals surface area (Å²) in [5.41, 5.74) is 24.3. The number of hydrogen-bond donors (Lipinski definition) is 0. The summed E-state index contributed by atoms with van der Waals surface area (Å²) in [6.07, 6.45) is 1.72. The third kappa shape index (κ3) is 10.6. The minimum absolute atomic E-state index is 0.435. The summed E-state index contributed by atoms with van der Waals surface area (Å²) in [6, 6.07) is 140. The molecule has 560 valence electrons. The van der Waals surface area contributed by atoms with Crippen molar-refractivity contribution in [1.29, 1.82) is 0 Å². The summed E-state index contributed by atoms with van der Waals surface area (Å²) in [4.78, 5) is 18.1. The van der Waals surface area contributed by atoms with Gasteiger partial charge in [0, 0.05) is 68.6 Å². The summed E-state index contributed by atoms with van der Waals surface area (Å²) < 4.78 is 7.71. The molecule has 24 rings (SSSR count). The highest BCUT2D eigenvalue weighted by molar-refractivity contribution is 6.28. The first-order valence-corrected chi connectivity index (χ1v) is 41.8. The van der Waals surface area contributed by atoms with Crippen LogP contribution in [0.25, 0.3) is 210 Å². The molecule has 0 spiro atoms. The van der Waals surface area contributed by atoms with Crippen molar-refractivity contribution in [1.82, 2.24) is 28.7 Å². The normalized spacial score (nSPS) is 12.7. The molecule has 1 aliphatic rings. The van der Waals surface area contributed by atoms with Crippen LogP contribution in [-0.4, -0.2) is 28.7 Å². The lowest BCUT2D eigenvalue weighted by molar-refractivity contribution is 0.489. The molecule has 0 fully saturated rings. The average molecular weight is 1520 g/mol. The van der Waals surface area contributed by atoms with Crippen LogP contribution in [0.2, 0.25) is 0 Å². The molecule has 1 aliphatic carbocycles. The van der Waals surface area contributed by atoms with Crippen LogP contribution in [0, 0.1) is 0 Å². The van der Waals surface area contributed by atoms with E-state index in [0.717, 1.165) is 115 Å². The van der Waals surface area contributed by atoms with Crippen molar-refractivity contribution in [3.8, 4) is 113 Å². The highest BCUT2D eigenvalue weighted by atomic mass is 15.1. The quantitative estimate of drug-likeness (QED) is 0.0854. The number of benzene rings is 20.